The van der Waals surface area contributed by atoms with Crippen molar-refractivity contribution >= 4 is 33.5 Å². The highest BCUT2D eigenvalue weighted by Crippen LogP contribution is 2.31. The Labute approximate surface area is 239 Å². The Balaban J connectivity index is 1.43. The number of nitrogens with one attached hydrogen (secondary N) is 1. The van der Waals surface area contributed by atoms with Crippen LogP contribution < -0.4 is 14.9 Å². The quantitative estimate of drug-likeness (QED) is 0.250. The van der Waals surface area contributed by atoms with E-state index < -0.39 is 20.6 Å². The Hall–Kier alpha value is -3.75. The molecule has 4 rings (SSSR count). The molecule has 0 radical (unpaired) electrons. The van der Waals surface area contributed by atoms with Crippen LogP contribution in [0.1, 0.15) is 38.7 Å². The summed E-state index contributed by atoms with van der Waals surface area (Å²) in [6, 6.07) is 8.98. The number of hydrogen-bond donors (Lipinski definition) is 1. The molecular weight excluding hydrogens is 554 g/mol. The van der Waals surface area contributed by atoms with E-state index in [0.29, 0.717) is 17.1 Å². The average Bonchev–Trinajstić information content (AvgIpc) is 2.96. The summed E-state index contributed by atoms with van der Waals surface area (Å²) in [7, 11) is -2.42. The van der Waals surface area contributed by atoms with Crippen molar-refractivity contribution in [2.45, 2.75) is 50.1 Å². The topological polar surface area (TPSA) is 153 Å². The Morgan fingerprint density at radius 1 is 1.15 bits per heavy atom. The summed E-state index contributed by atoms with van der Waals surface area (Å²) >= 11 is 0. The maximum atomic E-state index is 12.9. The summed E-state index contributed by atoms with van der Waals surface area (Å²) in [6.07, 6.45) is 4.48. The molecule has 41 heavy (non-hydrogen) atoms. The van der Waals surface area contributed by atoms with Crippen LogP contribution in [0.3, 0.4) is 0 Å². The average molecular weight is 590 g/mol. The number of piperidine rings is 1. The molecule has 0 bridgehead atoms. The molecule has 2 aromatic carbocycles. The number of morpholine rings is 1. The Morgan fingerprint density at radius 3 is 2.51 bits per heavy atom. The standard InChI is InChI=1S/C27H35N5O8S/c1-19-5-4-6-20(2)31(19)27(33)18-40-25-10-7-21(15-26(25)38-3)17-28-29-23-9-8-22(16-24(23)32(34)35)41(36,37)30-11-13-39-14-12-30/h7-10,15-17,19-20,29H,4-6,11-14,18H2,1-3H3/b28-17+. The molecule has 2 fully saturated rings. The van der Waals surface area contributed by atoms with E-state index in [9.17, 15) is 23.3 Å². The van der Waals surface area contributed by atoms with E-state index in [0.717, 1.165) is 25.3 Å². The van der Waals surface area contributed by atoms with Gasteiger partial charge in [-0.05, 0) is 69.0 Å². The zero-order valence-electron chi connectivity index (χ0n) is 23.3. The highest BCUT2D eigenvalue weighted by Gasteiger charge is 2.30. The molecule has 222 valence electrons. The van der Waals surface area contributed by atoms with Crippen molar-refractivity contribution in [1.82, 2.24) is 9.21 Å². The molecule has 2 saturated heterocycles. The van der Waals surface area contributed by atoms with Crippen LogP contribution >= 0.6 is 0 Å². The van der Waals surface area contributed by atoms with Crippen LogP contribution in [-0.2, 0) is 19.6 Å². The molecule has 2 atom stereocenters. The predicted octanol–water partition coefficient (Wildman–Crippen LogP) is 3.24. The highest BCUT2D eigenvalue weighted by atomic mass is 32.2. The molecule has 0 aliphatic carbocycles. The number of hydrazone groups is 1. The van der Waals surface area contributed by atoms with Crippen LogP contribution in [0.25, 0.3) is 0 Å². The number of hydrogen-bond acceptors (Lipinski definition) is 10. The first-order valence-corrected chi connectivity index (χ1v) is 14.8. The summed E-state index contributed by atoms with van der Waals surface area (Å²) in [5.41, 5.74) is 2.81. The minimum absolute atomic E-state index is 0.0266. The van der Waals surface area contributed by atoms with Crippen LogP contribution in [0, 0.1) is 10.1 Å². The monoisotopic (exact) mass is 589 g/mol. The van der Waals surface area contributed by atoms with Gasteiger partial charge < -0.3 is 19.1 Å². The number of amides is 1. The predicted molar refractivity (Wildman–Crippen MR) is 152 cm³/mol. The second-order valence-corrected chi connectivity index (χ2v) is 11.9. The van der Waals surface area contributed by atoms with E-state index in [4.69, 9.17) is 14.2 Å². The lowest BCUT2D eigenvalue weighted by Crippen LogP contribution is -2.49. The van der Waals surface area contributed by atoms with Crippen molar-refractivity contribution in [3.8, 4) is 11.5 Å². The van der Waals surface area contributed by atoms with Crippen LogP contribution in [0.2, 0.25) is 0 Å². The molecule has 13 nitrogen and oxygen atoms in total. The summed E-state index contributed by atoms with van der Waals surface area (Å²) in [6.45, 7) is 4.88. The van der Waals surface area contributed by atoms with Gasteiger partial charge in [0.1, 0.15) is 5.69 Å². The zero-order chi connectivity index (χ0) is 29.6. The van der Waals surface area contributed by atoms with Crippen molar-refractivity contribution < 1.29 is 32.3 Å². The largest absolute Gasteiger partial charge is 0.493 e. The van der Waals surface area contributed by atoms with Gasteiger partial charge in [-0.3, -0.25) is 20.3 Å². The first-order valence-electron chi connectivity index (χ1n) is 13.4. The van der Waals surface area contributed by atoms with Gasteiger partial charge >= 0.3 is 0 Å². The molecule has 0 saturated carbocycles. The molecule has 14 heteroatoms. The van der Waals surface area contributed by atoms with Crippen molar-refractivity contribution in [1.29, 1.82) is 0 Å². The molecule has 1 amide bonds. The Kier molecular flexibility index (Phi) is 9.78. The number of carbonyl (C=O) groups excluding carboxylic acids is 1. The molecule has 0 aromatic heterocycles. The number of carbonyl (C=O) groups is 1. The van der Waals surface area contributed by atoms with Gasteiger partial charge in [-0.1, -0.05) is 0 Å². The SMILES string of the molecule is COc1cc(/C=N/Nc2ccc(S(=O)(=O)N3CCOCC3)cc2[N+](=O)[O-])ccc1OCC(=O)N1C(C)CCCC1C. The van der Waals surface area contributed by atoms with Gasteiger partial charge in [0.05, 0.1) is 36.4 Å². The van der Waals surface area contributed by atoms with Crippen LogP contribution in [0.15, 0.2) is 46.4 Å². The van der Waals surface area contributed by atoms with E-state index in [1.807, 2.05) is 18.7 Å². The van der Waals surface area contributed by atoms with Gasteiger partial charge in [0.15, 0.2) is 18.1 Å². The second kappa shape index (κ2) is 13.3. The minimum atomic E-state index is -3.90. The van der Waals surface area contributed by atoms with Crippen LogP contribution in [-0.4, -0.2) is 86.8 Å². The Morgan fingerprint density at radius 2 is 1.85 bits per heavy atom. The van der Waals surface area contributed by atoms with Crippen LogP contribution in [0.5, 0.6) is 11.5 Å². The normalized spacial score (nSPS) is 20.1. The fourth-order valence-corrected chi connectivity index (χ4v) is 6.47. The molecule has 2 aliphatic rings. The lowest BCUT2D eigenvalue weighted by atomic mass is 9.97. The van der Waals surface area contributed by atoms with Gasteiger partial charge in [0, 0.05) is 31.2 Å². The van der Waals surface area contributed by atoms with Gasteiger partial charge in [-0.15, -0.1) is 0 Å². The number of ether oxygens (including phenoxy) is 3. The van der Waals surface area contributed by atoms with E-state index in [2.05, 4.69) is 10.5 Å². The van der Waals surface area contributed by atoms with E-state index in [1.54, 1.807) is 18.2 Å². The lowest BCUT2D eigenvalue weighted by molar-refractivity contribution is -0.384. The van der Waals surface area contributed by atoms with Crippen molar-refractivity contribution in [2.24, 2.45) is 5.10 Å². The Bertz CT molecular complexity index is 1380. The van der Waals surface area contributed by atoms with E-state index in [1.165, 1.54) is 29.8 Å². The minimum Gasteiger partial charge on any atom is -0.493 e. The molecule has 2 unspecified atom stereocenters. The van der Waals surface area contributed by atoms with Gasteiger partial charge in [0.25, 0.3) is 11.6 Å². The number of benzene rings is 2. The van der Waals surface area contributed by atoms with Gasteiger partial charge in [-0.2, -0.15) is 9.41 Å². The molecule has 2 aliphatic heterocycles. The third-order valence-electron chi connectivity index (χ3n) is 7.19. The second-order valence-electron chi connectivity index (χ2n) is 9.95. The molecule has 1 N–H and O–H groups in total. The highest BCUT2D eigenvalue weighted by molar-refractivity contribution is 7.89. The summed E-state index contributed by atoms with van der Waals surface area (Å²) in [4.78, 5) is 25.5. The fraction of sp³-hybridized carbons (Fsp3) is 0.481. The number of nitro groups is 1. The first kappa shape index (κ1) is 30.2. The summed E-state index contributed by atoms with van der Waals surface area (Å²) in [5.74, 6) is 0.716. The maximum Gasteiger partial charge on any atom is 0.295 e. The van der Waals surface area contributed by atoms with Gasteiger partial charge in [0.2, 0.25) is 10.0 Å². The molecule has 0 spiro atoms. The van der Waals surface area contributed by atoms with Crippen LogP contribution in [0.4, 0.5) is 11.4 Å². The number of anilines is 1. The van der Waals surface area contributed by atoms with E-state index in [-0.39, 0.29) is 61.5 Å². The van der Waals surface area contributed by atoms with E-state index >= 15 is 0 Å². The van der Waals surface area contributed by atoms with Crippen molar-refractivity contribution in [3.05, 3.63) is 52.1 Å². The van der Waals surface area contributed by atoms with Crippen molar-refractivity contribution in [3.63, 3.8) is 0 Å². The smallest absolute Gasteiger partial charge is 0.295 e. The number of methoxy groups -OCH3 is 1. The number of nitrogens with zero attached hydrogens (tertiary/aromatic N) is 4. The lowest BCUT2D eigenvalue weighted by Gasteiger charge is -2.39. The number of rotatable bonds is 10. The van der Waals surface area contributed by atoms with Crippen molar-refractivity contribution in [2.75, 3.05) is 45.4 Å². The molecule has 2 aromatic rings. The summed E-state index contributed by atoms with van der Waals surface area (Å²) < 4.78 is 43.5. The summed E-state index contributed by atoms with van der Waals surface area (Å²) in [5, 5.41) is 15.8. The third-order valence-corrected chi connectivity index (χ3v) is 9.09. The number of sulfonamides is 1. The molecule has 2 heterocycles. The molecular formula is C27H35N5O8S. The number of likely N-dealkylation sites (tertiary alicyclic amines) is 1. The third kappa shape index (κ3) is 7.13. The fourth-order valence-electron chi connectivity index (χ4n) is 5.04. The van der Waals surface area contributed by atoms with Gasteiger partial charge in [-0.25, -0.2) is 8.42 Å². The number of nitro benzene ring substituents is 1. The maximum absolute atomic E-state index is 12.9. The zero-order valence-corrected chi connectivity index (χ0v) is 24.1. The first-order chi connectivity index (χ1) is 19.6.